The van der Waals surface area contributed by atoms with Gasteiger partial charge in [-0.2, -0.15) is 0 Å². The van der Waals surface area contributed by atoms with E-state index in [-0.39, 0.29) is 18.0 Å². The lowest BCUT2D eigenvalue weighted by atomic mass is 10.1. The van der Waals surface area contributed by atoms with Crippen molar-refractivity contribution in [3.05, 3.63) is 0 Å². The molecule has 0 bridgehead atoms. The van der Waals surface area contributed by atoms with Gasteiger partial charge in [0, 0.05) is 18.5 Å². The van der Waals surface area contributed by atoms with Crippen LogP contribution in [0.25, 0.3) is 0 Å². The molecule has 12 heavy (non-hydrogen) atoms. The SMILES string of the molecule is CCCC(N)CC(=O)NC(C)C. The molecule has 0 aliphatic heterocycles. The van der Waals surface area contributed by atoms with Gasteiger partial charge >= 0.3 is 0 Å². The summed E-state index contributed by atoms with van der Waals surface area (Å²) < 4.78 is 0. The Labute approximate surface area is 74.7 Å². The van der Waals surface area contributed by atoms with Crippen molar-refractivity contribution in [2.75, 3.05) is 0 Å². The van der Waals surface area contributed by atoms with E-state index in [9.17, 15) is 4.79 Å². The summed E-state index contributed by atoms with van der Waals surface area (Å²) in [7, 11) is 0. The number of carbonyl (C=O) groups is 1. The van der Waals surface area contributed by atoms with Crippen molar-refractivity contribution < 1.29 is 4.79 Å². The number of nitrogens with two attached hydrogens (primary N) is 1. The molecule has 3 heteroatoms. The number of hydrogen-bond donors (Lipinski definition) is 2. The zero-order valence-electron chi connectivity index (χ0n) is 8.26. The zero-order chi connectivity index (χ0) is 9.56. The molecule has 0 heterocycles. The summed E-state index contributed by atoms with van der Waals surface area (Å²) >= 11 is 0. The second-order valence-corrected chi connectivity index (χ2v) is 3.48. The van der Waals surface area contributed by atoms with Crippen molar-refractivity contribution in [3.8, 4) is 0 Å². The van der Waals surface area contributed by atoms with Crippen LogP contribution in [0.5, 0.6) is 0 Å². The molecule has 3 N–H and O–H groups in total. The Morgan fingerprint density at radius 3 is 2.50 bits per heavy atom. The zero-order valence-corrected chi connectivity index (χ0v) is 8.26. The van der Waals surface area contributed by atoms with Crippen LogP contribution < -0.4 is 11.1 Å². The van der Waals surface area contributed by atoms with Crippen molar-refractivity contribution in [2.24, 2.45) is 5.73 Å². The van der Waals surface area contributed by atoms with E-state index in [1.165, 1.54) is 0 Å². The Hall–Kier alpha value is -0.570. The largest absolute Gasteiger partial charge is 0.354 e. The normalized spacial score (nSPS) is 13.1. The summed E-state index contributed by atoms with van der Waals surface area (Å²) in [6.07, 6.45) is 2.41. The van der Waals surface area contributed by atoms with E-state index in [0.717, 1.165) is 12.8 Å². The Bertz CT molecular complexity index is 134. The van der Waals surface area contributed by atoms with Gasteiger partial charge in [0.25, 0.3) is 0 Å². The van der Waals surface area contributed by atoms with E-state index < -0.39 is 0 Å². The molecule has 1 amide bonds. The monoisotopic (exact) mass is 172 g/mol. The van der Waals surface area contributed by atoms with Gasteiger partial charge in [-0.3, -0.25) is 4.79 Å². The second kappa shape index (κ2) is 6.00. The maximum absolute atomic E-state index is 11.1. The predicted molar refractivity (Wildman–Crippen MR) is 50.8 cm³/mol. The van der Waals surface area contributed by atoms with E-state index in [0.29, 0.717) is 6.42 Å². The highest BCUT2D eigenvalue weighted by Crippen LogP contribution is 1.98. The number of amides is 1. The van der Waals surface area contributed by atoms with Crippen LogP contribution in [0.2, 0.25) is 0 Å². The summed E-state index contributed by atoms with van der Waals surface area (Å²) in [5, 5.41) is 2.81. The fourth-order valence-electron chi connectivity index (χ4n) is 1.09. The van der Waals surface area contributed by atoms with Gasteiger partial charge in [-0.15, -0.1) is 0 Å². The molecule has 3 nitrogen and oxygen atoms in total. The third-order valence-corrected chi connectivity index (χ3v) is 1.56. The average Bonchev–Trinajstić information content (AvgIpc) is 1.84. The molecule has 72 valence electrons. The quantitative estimate of drug-likeness (QED) is 0.650. The first-order valence-electron chi connectivity index (χ1n) is 4.61. The van der Waals surface area contributed by atoms with Crippen LogP contribution in [0.3, 0.4) is 0 Å². The molecule has 1 atom stereocenters. The lowest BCUT2D eigenvalue weighted by Gasteiger charge is -2.12. The second-order valence-electron chi connectivity index (χ2n) is 3.48. The van der Waals surface area contributed by atoms with Crippen molar-refractivity contribution in [2.45, 2.75) is 52.1 Å². The summed E-state index contributed by atoms with van der Waals surface area (Å²) in [5.41, 5.74) is 5.70. The molecular weight excluding hydrogens is 152 g/mol. The molecule has 0 aromatic rings. The van der Waals surface area contributed by atoms with Crippen molar-refractivity contribution in [1.82, 2.24) is 5.32 Å². The molecule has 0 aliphatic carbocycles. The van der Waals surface area contributed by atoms with Gasteiger partial charge in [0.2, 0.25) is 5.91 Å². The van der Waals surface area contributed by atoms with Gasteiger partial charge in [0.05, 0.1) is 0 Å². The maximum atomic E-state index is 11.1. The highest BCUT2D eigenvalue weighted by Gasteiger charge is 2.08. The molecule has 0 rings (SSSR count). The Morgan fingerprint density at radius 1 is 1.50 bits per heavy atom. The molecule has 0 aromatic heterocycles. The van der Waals surface area contributed by atoms with Crippen molar-refractivity contribution in [1.29, 1.82) is 0 Å². The van der Waals surface area contributed by atoms with Crippen LogP contribution in [0, 0.1) is 0 Å². The van der Waals surface area contributed by atoms with Crippen molar-refractivity contribution in [3.63, 3.8) is 0 Å². The molecule has 0 aromatic carbocycles. The summed E-state index contributed by atoms with van der Waals surface area (Å²) in [6.45, 7) is 5.96. The van der Waals surface area contributed by atoms with E-state index in [2.05, 4.69) is 12.2 Å². The van der Waals surface area contributed by atoms with Crippen LogP contribution in [-0.2, 0) is 4.79 Å². The Balaban J connectivity index is 3.54. The molecular formula is C9H20N2O. The summed E-state index contributed by atoms with van der Waals surface area (Å²) in [5.74, 6) is 0.0611. The molecule has 0 spiro atoms. The molecule has 0 fully saturated rings. The van der Waals surface area contributed by atoms with Crippen molar-refractivity contribution >= 4 is 5.91 Å². The van der Waals surface area contributed by atoms with Gasteiger partial charge in [-0.1, -0.05) is 13.3 Å². The van der Waals surface area contributed by atoms with E-state index in [1.807, 2.05) is 13.8 Å². The van der Waals surface area contributed by atoms with Crippen LogP contribution in [0.4, 0.5) is 0 Å². The van der Waals surface area contributed by atoms with Gasteiger partial charge in [-0.25, -0.2) is 0 Å². The maximum Gasteiger partial charge on any atom is 0.221 e. The van der Waals surface area contributed by atoms with Gasteiger partial charge in [0.1, 0.15) is 0 Å². The minimum Gasteiger partial charge on any atom is -0.354 e. The molecule has 0 radical (unpaired) electrons. The summed E-state index contributed by atoms with van der Waals surface area (Å²) in [6, 6.07) is 0.236. The van der Waals surface area contributed by atoms with Gasteiger partial charge in [-0.05, 0) is 20.3 Å². The molecule has 0 saturated heterocycles. The highest BCUT2D eigenvalue weighted by molar-refractivity contribution is 5.76. The fourth-order valence-corrected chi connectivity index (χ4v) is 1.09. The van der Waals surface area contributed by atoms with Gasteiger partial charge in [0.15, 0.2) is 0 Å². The first-order valence-corrected chi connectivity index (χ1v) is 4.61. The average molecular weight is 172 g/mol. The molecule has 0 aliphatic rings. The standard InChI is InChI=1S/C9H20N2O/c1-4-5-8(10)6-9(12)11-7(2)3/h7-8H,4-6,10H2,1-3H3,(H,11,12). The third kappa shape index (κ3) is 6.16. The predicted octanol–water partition coefficient (Wildman–Crippen LogP) is 1.03. The van der Waals surface area contributed by atoms with E-state index >= 15 is 0 Å². The molecule has 0 saturated carbocycles. The first kappa shape index (κ1) is 11.4. The lowest BCUT2D eigenvalue weighted by molar-refractivity contribution is -0.121. The minimum absolute atomic E-state index is 0.0220. The Morgan fingerprint density at radius 2 is 2.08 bits per heavy atom. The van der Waals surface area contributed by atoms with Crippen LogP contribution in [0.15, 0.2) is 0 Å². The topological polar surface area (TPSA) is 55.1 Å². The van der Waals surface area contributed by atoms with Crippen LogP contribution >= 0.6 is 0 Å². The third-order valence-electron chi connectivity index (χ3n) is 1.56. The fraction of sp³-hybridized carbons (Fsp3) is 0.889. The number of nitrogens with one attached hydrogen (secondary N) is 1. The van der Waals surface area contributed by atoms with Crippen LogP contribution in [0.1, 0.15) is 40.0 Å². The van der Waals surface area contributed by atoms with E-state index in [4.69, 9.17) is 5.73 Å². The summed E-state index contributed by atoms with van der Waals surface area (Å²) in [4.78, 5) is 11.1. The van der Waals surface area contributed by atoms with Gasteiger partial charge < -0.3 is 11.1 Å². The minimum atomic E-state index is 0.0220. The molecule has 1 unspecified atom stereocenters. The van der Waals surface area contributed by atoms with E-state index in [1.54, 1.807) is 0 Å². The number of hydrogen-bond acceptors (Lipinski definition) is 2. The number of carbonyl (C=O) groups excluding carboxylic acids is 1. The Kier molecular flexibility index (Phi) is 5.72. The first-order chi connectivity index (χ1) is 5.56. The number of rotatable bonds is 5. The highest BCUT2D eigenvalue weighted by atomic mass is 16.1. The smallest absolute Gasteiger partial charge is 0.221 e. The van der Waals surface area contributed by atoms with Crippen LogP contribution in [-0.4, -0.2) is 18.0 Å². The lowest BCUT2D eigenvalue weighted by Crippen LogP contribution is -2.35.